The van der Waals surface area contributed by atoms with Crippen LogP contribution >= 0.6 is 11.3 Å². The van der Waals surface area contributed by atoms with Gasteiger partial charge in [-0.15, -0.1) is 0 Å². The van der Waals surface area contributed by atoms with Crippen molar-refractivity contribution in [3.8, 4) is 11.1 Å². The van der Waals surface area contributed by atoms with Gasteiger partial charge in [0.05, 0.1) is 0 Å². The second kappa shape index (κ2) is 5.93. The second-order valence-electron chi connectivity index (χ2n) is 4.87. The highest BCUT2D eigenvalue weighted by Crippen LogP contribution is 2.24. The number of nitrogens with one attached hydrogen (secondary N) is 1. The minimum absolute atomic E-state index is 0.337. The van der Waals surface area contributed by atoms with Crippen LogP contribution in [0.5, 0.6) is 0 Å². The zero-order valence-corrected chi connectivity index (χ0v) is 12.2. The Balaban J connectivity index is 1.74. The average Bonchev–Trinajstić information content (AvgIpc) is 3.03. The van der Waals surface area contributed by atoms with Gasteiger partial charge in [-0.05, 0) is 52.6 Å². The van der Waals surface area contributed by atoms with Gasteiger partial charge in [0.2, 0.25) is 0 Å². The quantitative estimate of drug-likeness (QED) is 0.656. The smallest absolute Gasteiger partial charge is 0.0493 e. The molecule has 100 valence electrons. The molecular formula is C18H17NS. The monoisotopic (exact) mass is 279 g/mol. The maximum atomic E-state index is 3.53. The Labute approximate surface area is 123 Å². The Morgan fingerprint density at radius 2 is 1.55 bits per heavy atom. The van der Waals surface area contributed by atoms with Crippen LogP contribution in [0.25, 0.3) is 11.1 Å². The van der Waals surface area contributed by atoms with Crippen LogP contribution in [0.4, 0.5) is 5.69 Å². The lowest BCUT2D eigenvalue weighted by atomic mass is 10.1. The van der Waals surface area contributed by atoms with E-state index in [4.69, 9.17) is 0 Å². The summed E-state index contributed by atoms with van der Waals surface area (Å²) in [5.74, 6) is 0. The Morgan fingerprint density at radius 1 is 0.850 bits per heavy atom. The van der Waals surface area contributed by atoms with Gasteiger partial charge in [0.15, 0.2) is 0 Å². The first-order chi connectivity index (χ1) is 9.83. The molecule has 0 amide bonds. The Bertz CT molecular complexity index is 642. The Hall–Kier alpha value is -2.06. The minimum atomic E-state index is 0.337. The van der Waals surface area contributed by atoms with Crippen LogP contribution in [-0.4, -0.2) is 0 Å². The maximum Gasteiger partial charge on any atom is 0.0493 e. The largest absolute Gasteiger partial charge is 0.378 e. The third kappa shape index (κ3) is 2.91. The number of hydrogen-bond donors (Lipinski definition) is 1. The van der Waals surface area contributed by atoms with Crippen molar-refractivity contribution in [2.75, 3.05) is 5.32 Å². The van der Waals surface area contributed by atoms with E-state index in [0.29, 0.717) is 6.04 Å². The molecule has 0 aliphatic rings. The van der Waals surface area contributed by atoms with Gasteiger partial charge in [0.1, 0.15) is 0 Å². The molecule has 20 heavy (non-hydrogen) atoms. The molecule has 1 nitrogen and oxygen atoms in total. The maximum absolute atomic E-state index is 3.53. The second-order valence-corrected chi connectivity index (χ2v) is 5.65. The van der Waals surface area contributed by atoms with Crippen molar-refractivity contribution in [3.05, 3.63) is 77.0 Å². The number of anilines is 1. The molecule has 0 fully saturated rings. The topological polar surface area (TPSA) is 12.0 Å². The summed E-state index contributed by atoms with van der Waals surface area (Å²) < 4.78 is 0. The summed E-state index contributed by atoms with van der Waals surface area (Å²) >= 11 is 1.74. The number of hydrogen-bond acceptors (Lipinski definition) is 2. The van der Waals surface area contributed by atoms with Crippen molar-refractivity contribution in [2.45, 2.75) is 13.0 Å². The van der Waals surface area contributed by atoms with E-state index >= 15 is 0 Å². The molecule has 0 saturated carbocycles. The normalized spacial score (nSPS) is 12.1. The Morgan fingerprint density at radius 3 is 2.20 bits per heavy atom. The molecule has 3 aromatic rings. The van der Waals surface area contributed by atoms with Crippen molar-refractivity contribution in [1.82, 2.24) is 0 Å². The summed E-state index contributed by atoms with van der Waals surface area (Å²) in [5.41, 5.74) is 5.00. The standard InChI is InChI=1S/C18H17NS/c1-14(17-11-12-20-13-17)19-18-9-7-16(8-10-18)15-5-3-2-4-6-15/h2-14,19H,1H3. The Kier molecular flexibility index (Phi) is 3.84. The zero-order chi connectivity index (χ0) is 13.8. The van der Waals surface area contributed by atoms with E-state index < -0.39 is 0 Å². The predicted octanol–water partition coefficient (Wildman–Crippen LogP) is 5.59. The summed E-state index contributed by atoms with van der Waals surface area (Å²) in [6.07, 6.45) is 0. The molecule has 2 aromatic carbocycles. The van der Waals surface area contributed by atoms with Crippen molar-refractivity contribution in [1.29, 1.82) is 0 Å². The highest BCUT2D eigenvalue weighted by Gasteiger charge is 2.05. The third-order valence-corrected chi connectivity index (χ3v) is 4.12. The molecular weight excluding hydrogens is 262 g/mol. The first-order valence-electron chi connectivity index (χ1n) is 6.77. The predicted molar refractivity (Wildman–Crippen MR) is 88.2 cm³/mol. The molecule has 1 N–H and O–H groups in total. The summed E-state index contributed by atoms with van der Waals surface area (Å²) in [6, 6.07) is 21.6. The highest BCUT2D eigenvalue weighted by molar-refractivity contribution is 7.07. The molecule has 0 spiro atoms. The summed E-state index contributed by atoms with van der Waals surface area (Å²) in [5, 5.41) is 7.84. The molecule has 3 rings (SSSR count). The number of thiophene rings is 1. The summed E-state index contributed by atoms with van der Waals surface area (Å²) in [4.78, 5) is 0. The lowest BCUT2D eigenvalue weighted by Gasteiger charge is -2.14. The van der Waals surface area contributed by atoms with E-state index in [-0.39, 0.29) is 0 Å². The molecule has 0 radical (unpaired) electrons. The van der Waals surface area contributed by atoms with Gasteiger partial charge < -0.3 is 5.32 Å². The fraction of sp³-hybridized carbons (Fsp3) is 0.111. The summed E-state index contributed by atoms with van der Waals surface area (Å²) in [7, 11) is 0. The lowest BCUT2D eigenvalue weighted by molar-refractivity contribution is 0.891. The van der Waals surface area contributed by atoms with Gasteiger partial charge in [-0.2, -0.15) is 11.3 Å². The van der Waals surface area contributed by atoms with Crippen LogP contribution in [0.1, 0.15) is 18.5 Å². The van der Waals surface area contributed by atoms with Crippen LogP contribution in [0, 0.1) is 0 Å². The van der Waals surface area contributed by atoms with E-state index in [9.17, 15) is 0 Å². The van der Waals surface area contributed by atoms with Gasteiger partial charge in [0, 0.05) is 11.7 Å². The fourth-order valence-corrected chi connectivity index (χ4v) is 3.00. The van der Waals surface area contributed by atoms with Gasteiger partial charge >= 0.3 is 0 Å². The molecule has 2 heteroatoms. The summed E-state index contributed by atoms with van der Waals surface area (Å²) in [6.45, 7) is 2.19. The van der Waals surface area contributed by atoms with E-state index in [1.807, 2.05) is 6.07 Å². The third-order valence-electron chi connectivity index (χ3n) is 3.42. The SMILES string of the molecule is CC(Nc1ccc(-c2ccccc2)cc1)c1ccsc1. The van der Waals surface area contributed by atoms with E-state index in [1.165, 1.54) is 16.7 Å². The fourth-order valence-electron chi connectivity index (χ4n) is 2.24. The van der Waals surface area contributed by atoms with Crippen LogP contribution in [-0.2, 0) is 0 Å². The molecule has 0 saturated heterocycles. The first-order valence-corrected chi connectivity index (χ1v) is 7.71. The van der Waals surface area contributed by atoms with Crippen molar-refractivity contribution >= 4 is 17.0 Å². The average molecular weight is 279 g/mol. The lowest BCUT2D eigenvalue weighted by Crippen LogP contribution is -2.05. The van der Waals surface area contributed by atoms with Crippen molar-refractivity contribution in [3.63, 3.8) is 0 Å². The molecule has 1 unspecified atom stereocenters. The highest BCUT2D eigenvalue weighted by atomic mass is 32.1. The van der Waals surface area contributed by atoms with Gasteiger partial charge in [-0.1, -0.05) is 42.5 Å². The molecule has 0 aliphatic carbocycles. The number of rotatable bonds is 4. The van der Waals surface area contributed by atoms with E-state index in [2.05, 4.69) is 77.6 Å². The van der Waals surface area contributed by atoms with Gasteiger partial charge in [-0.25, -0.2) is 0 Å². The molecule has 0 aliphatic heterocycles. The van der Waals surface area contributed by atoms with E-state index in [0.717, 1.165) is 5.69 Å². The minimum Gasteiger partial charge on any atom is -0.378 e. The van der Waals surface area contributed by atoms with Crippen LogP contribution in [0.2, 0.25) is 0 Å². The molecule has 1 atom stereocenters. The number of benzene rings is 2. The van der Waals surface area contributed by atoms with Crippen molar-refractivity contribution in [2.24, 2.45) is 0 Å². The molecule has 0 bridgehead atoms. The molecule has 1 aromatic heterocycles. The zero-order valence-electron chi connectivity index (χ0n) is 11.4. The molecule has 1 heterocycles. The van der Waals surface area contributed by atoms with Gasteiger partial charge in [-0.3, -0.25) is 0 Å². The first kappa shape index (κ1) is 12.9. The van der Waals surface area contributed by atoms with Crippen LogP contribution in [0.15, 0.2) is 71.4 Å². The van der Waals surface area contributed by atoms with E-state index in [1.54, 1.807) is 11.3 Å². The van der Waals surface area contributed by atoms with Crippen LogP contribution < -0.4 is 5.32 Å². The van der Waals surface area contributed by atoms with Crippen LogP contribution in [0.3, 0.4) is 0 Å². The van der Waals surface area contributed by atoms with Gasteiger partial charge in [0.25, 0.3) is 0 Å². The van der Waals surface area contributed by atoms with Crippen molar-refractivity contribution < 1.29 is 0 Å².